The Hall–Kier alpha value is -1.93. The Morgan fingerprint density at radius 3 is 2.35 bits per heavy atom. The molecule has 1 aliphatic carbocycles. The van der Waals surface area contributed by atoms with Crippen molar-refractivity contribution >= 4 is 23.8 Å². The fraction of sp³-hybridized carbons (Fsp3) is 0.692. The second-order valence-electron chi connectivity index (χ2n) is 10.6. The Kier molecular flexibility index (Phi) is 7.97. The van der Waals surface area contributed by atoms with Crippen LogP contribution < -0.4 is 4.74 Å². The summed E-state index contributed by atoms with van der Waals surface area (Å²) in [5.74, 6) is 0.774. The highest BCUT2D eigenvalue weighted by atomic mass is 32.2. The summed E-state index contributed by atoms with van der Waals surface area (Å²) < 4.78 is 11.9. The topological polar surface area (TPSA) is 62.3 Å². The van der Waals surface area contributed by atoms with Gasteiger partial charge in [0.1, 0.15) is 23.5 Å². The zero-order valence-electron chi connectivity index (χ0n) is 21.0. The third-order valence-corrected chi connectivity index (χ3v) is 7.71. The number of likely N-dealkylation sites (tertiary alicyclic amines) is 1. The van der Waals surface area contributed by atoms with E-state index in [0.717, 1.165) is 38.3 Å². The molecule has 4 rings (SSSR count). The van der Waals surface area contributed by atoms with Gasteiger partial charge in [0.2, 0.25) is 5.91 Å². The molecule has 34 heavy (non-hydrogen) atoms. The SMILES string of the molecule is CSc1ccc(OC2CC(C(=O)N3CCCN(C4CCC4)CC3)N(C(=O)OC(C)(C)C)C2)cc1. The van der Waals surface area contributed by atoms with Crippen molar-refractivity contribution in [3.05, 3.63) is 24.3 Å². The van der Waals surface area contributed by atoms with E-state index >= 15 is 0 Å². The minimum absolute atomic E-state index is 0.0187. The Balaban J connectivity index is 1.44. The minimum atomic E-state index is -0.622. The Morgan fingerprint density at radius 1 is 1.00 bits per heavy atom. The molecule has 1 aromatic rings. The van der Waals surface area contributed by atoms with Crippen LogP contribution in [-0.4, -0.2) is 89.5 Å². The lowest BCUT2D eigenvalue weighted by Gasteiger charge is -2.37. The van der Waals surface area contributed by atoms with Gasteiger partial charge in [0.25, 0.3) is 0 Å². The van der Waals surface area contributed by atoms with Crippen molar-refractivity contribution in [3.8, 4) is 5.75 Å². The number of rotatable bonds is 5. The van der Waals surface area contributed by atoms with Crippen LogP contribution >= 0.6 is 11.8 Å². The molecule has 0 spiro atoms. The lowest BCUT2D eigenvalue weighted by atomic mass is 9.91. The van der Waals surface area contributed by atoms with E-state index in [1.165, 1.54) is 24.2 Å². The molecule has 2 aliphatic heterocycles. The molecule has 188 valence electrons. The van der Waals surface area contributed by atoms with Gasteiger partial charge in [-0.2, -0.15) is 0 Å². The minimum Gasteiger partial charge on any atom is -0.488 e. The van der Waals surface area contributed by atoms with Crippen LogP contribution in [0.2, 0.25) is 0 Å². The molecule has 1 saturated carbocycles. The monoisotopic (exact) mass is 489 g/mol. The molecule has 3 fully saturated rings. The molecule has 3 aliphatic rings. The van der Waals surface area contributed by atoms with E-state index < -0.39 is 17.7 Å². The molecule has 1 aromatic carbocycles. The number of thioether (sulfide) groups is 1. The van der Waals surface area contributed by atoms with Crippen LogP contribution in [0, 0.1) is 0 Å². The molecule has 2 unspecified atom stereocenters. The highest BCUT2D eigenvalue weighted by molar-refractivity contribution is 7.98. The van der Waals surface area contributed by atoms with Crippen molar-refractivity contribution < 1.29 is 19.1 Å². The first kappa shape index (κ1) is 25.2. The molecule has 2 saturated heterocycles. The fourth-order valence-electron chi connectivity index (χ4n) is 4.97. The maximum Gasteiger partial charge on any atom is 0.411 e. The lowest BCUT2D eigenvalue weighted by Crippen LogP contribution is -2.50. The number of ether oxygens (including phenoxy) is 2. The predicted octanol–water partition coefficient (Wildman–Crippen LogP) is 4.25. The van der Waals surface area contributed by atoms with Gasteiger partial charge in [-0.15, -0.1) is 11.8 Å². The van der Waals surface area contributed by atoms with Crippen LogP contribution in [0.5, 0.6) is 5.75 Å². The summed E-state index contributed by atoms with van der Waals surface area (Å²) in [7, 11) is 0. The number of nitrogens with zero attached hydrogens (tertiary/aromatic N) is 3. The number of benzene rings is 1. The molecular weight excluding hydrogens is 450 g/mol. The van der Waals surface area contributed by atoms with Gasteiger partial charge in [-0.1, -0.05) is 6.42 Å². The first-order valence-electron chi connectivity index (χ1n) is 12.6. The van der Waals surface area contributed by atoms with Crippen molar-refractivity contribution in [2.75, 3.05) is 39.0 Å². The van der Waals surface area contributed by atoms with E-state index in [1.54, 1.807) is 16.7 Å². The lowest BCUT2D eigenvalue weighted by molar-refractivity contribution is -0.135. The third-order valence-electron chi connectivity index (χ3n) is 6.97. The fourth-order valence-corrected chi connectivity index (χ4v) is 5.38. The van der Waals surface area contributed by atoms with Crippen LogP contribution in [0.25, 0.3) is 0 Å². The number of hydrogen-bond acceptors (Lipinski definition) is 6. The largest absolute Gasteiger partial charge is 0.488 e. The van der Waals surface area contributed by atoms with E-state index in [2.05, 4.69) is 4.90 Å². The van der Waals surface area contributed by atoms with Crippen molar-refractivity contribution in [3.63, 3.8) is 0 Å². The van der Waals surface area contributed by atoms with E-state index in [0.29, 0.717) is 19.0 Å². The van der Waals surface area contributed by atoms with E-state index in [-0.39, 0.29) is 12.0 Å². The highest BCUT2D eigenvalue weighted by Crippen LogP contribution is 2.29. The normalized spacial score (nSPS) is 24.5. The van der Waals surface area contributed by atoms with Crippen molar-refractivity contribution in [2.24, 2.45) is 0 Å². The van der Waals surface area contributed by atoms with Crippen LogP contribution in [0.1, 0.15) is 52.9 Å². The van der Waals surface area contributed by atoms with E-state index in [4.69, 9.17) is 9.47 Å². The number of hydrogen-bond donors (Lipinski definition) is 0. The van der Waals surface area contributed by atoms with Crippen molar-refractivity contribution in [2.45, 2.75) is 81.6 Å². The first-order valence-corrected chi connectivity index (χ1v) is 13.8. The van der Waals surface area contributed by atoms with Crippen LogP contribution in [-0.2, 0) is 9.53 Å². The molecule has 2 atom stereocenters. The zero-order valence-corrected chi connectivity index (χ0v) is 21.8. The number of amides is 2. The highest BCUT2D eigenvalue weighted by Gasteiger charge is 2.44. The van der Waals surface area contributed by atoms with Crippen LogP contribution in [0.15, 0.2) is 29.2 Å². The molecule has 2 amide bonds. The molecular formula is C26H39N3O4S. The summed E-state index contributed by atoms with van der Waals surface area (Å²) >= 11 is 1.68. The van der Waals surface area contributed by atoms with Gasteiger partial charge in [-0.25, -0.2) is 4.79 Å². The van der Waals surface area contributed by atoms with Gasteiger partial charge in [0.15, 0.2) is 0 Å². The zero-order chi connectivity index (χ0) is 24.3. The van der Waals surface area contributed by atoms with Crippen LogP contribution in [0.4, 0.5) is 4.79 Å². The summed E-state index contributed by atoms with van der Waals surface area (Å²) in [5.41, 5.74) is -0.622. The van der Waals surface area contributed by atoms with Crippen LogP contribution in [0.3, 0.4) is 0 Å². The van der Waals surface area contributed by atoms with Crippen molar-refractivity contribution in [1.29, 1.82) is 0 Å². The van der Waals surface area contributed by atoms with E-state index in [9.17, 15) is 9.59 Å². The van der Waals surface area contributed by atoms with Gasteiger partial charge in [-0.3, -0.25) is 14.6 Å². The second-order valence-corrected chi connectivity index (χ2v) is 11.5. The summed E-state index contributed by atoms with van der Waals surface area (Å²) in [6, 6.07) is 8.07. The Bertz CT molecular complexity index is 853. The predicted molar refractivity (Wildman–Crippen MR) is 134 cm³/mol. The smallest absolute Gasteiger partial charge is 0.411 e. The second kappa shape index (κ2) is 10.8. The third kappa shape index (κ3) is 6.19. The van der Waals surface area contributed by atoms with Gasteiger partial charge in [0, 0.05) is 43.5 Å². The van der Waals surface area contributed by atoms with E-state index in [1.807, 2.05) is 56.2 Å². The van der Waals surface area contributed by atoms with Crippen molar-refractivity contribution in [1.82, 2.24) is 14.7 Å². The van der Waals surface area contributed by atoms with Gasteiger partial charge < -0.3 is 14.4 Å². The standard InChI is InChI=1S/C26H39N3O4S/c1-26(2,3)33-25(31)29-18-21(32-20-9-11-22(34-4)12-10-20)17-23(29)24(30)28-14-6-13-27(15-16-28)19-7-5-8-19/h9-12,19,21,23H,5-8,13-18H2,1-4H3. The van der Waals surface area contributed by atoms with Gasteiger partial charge in [0.05, 0.1) is 6.54 Å². The van der Waals surface area contributed by atoms with Gasteiger partial charge >= 0.3 is 6.09 Å². The summed E-state index contributed by atoms with van der Waals surface area (Å²) in [4.78, 5) is 34.0. The maximum atomic E-state index is 13.7. The molecule has 0 radical (unpaired) electrons. The molecule has 7 nitrogen and oxygen atoms in total. The molecule has 0 N–H and O–H groups in total. The summed E-state index contributed by atoms with van der Waals surface area (Å²) in [6.45, 7) is 9.31. The maximum absolute atomic E-state index is 13.7. The molecule has 0 bridgehead atoms. The molecule has 8 heteroatoms. The Morgan fingerprint density at radius 2 is 1.74 bits per heavy atom. The van der Waals surface area contributed by atoms with Gasteiger partial charge in [-0.05, 0) is 70.6 Å². The quantitative estimate of drug-likeness (QED) is 0.576. The first-order chi connectivity index (χ1) is 16.2. The average molecular weight is 490 g/mol. The molecule has 0 aromatic heterocycles. The average Bonchev–Trinajstić information content (AvgIpc) is 3.02. The molecule has 2 heterocycles. The number of carbonyl (C=O) groups excluding carboxylic acids is 2. The number of carbonyl (C=O) groups is 2. The summed E-state index contributed by atoms with van der Waals surface area (Å²) in [6.07, 6.45) is 6.67. The summed E-state index contributed by atoms with van der Waals surface area (Å²) in [5, 5.41) is 0. The Labute approximate surface area is 208 Å².